The molecule has 1 aliphatic rings. The van der Waals surface area contributed by atoms with Crippen LogP contribution in [0.25, 0.3) is 6.08 Å². The average molecular weight is 429 g/mol. The number of ether oxygens (including phenoxy) is 2. The van der Waals surface area contributed by atoms with E-state index in [-0.39, 0.29) is 5.57 Å². The summed E-state index contributed by atoms with van der Waals surface area (Å²) in [4.78, 5) is 38.5. The third-order valence-corrected chi connectivity index (χ3v) is 4.53. The summed E-state index contributed by atoms with van der Waals surface area (Å²) < 4.78 is 10.9. The first-order chi connectivity index (χ1) is 14.4. The summed E-state index contributed by atoms with van der Waals surface area (Å²) in [5, 5.41) is 2.55. The third kappa shape index (κ3) is 4.63. The largest absolute Gasteiger partial charge is 0.494 e. The second-order valence-electron chi connectivity index (χ2n) is 6.42. The maximum absolute atomic E-state index is 12.9. The average Bonchev–Trinajstić information content (AvgIpc) is 2.72. The van der Waals surface area contributed by atoms with Crippen molar-refractivity contribution in [3.63, 3.8) is 0 Å². The molecule has 1 aliphatic heterocycles. The van der Waals surface area contributed by atoms with E-state index < -0.39 is 17.8 Å². The fourth-order valence-corrected chi connectivity index (χ4v) is 3.10. The Morgan fingerprint density at radius 2 is 1.77 bits per heavy atom. The fraction of sp³-hybridized carbons (Fsp3) is 0.227. The van der Waals surface area contributed by atoms with Gasteiger partial charge in [0.1, 0.15) is 17.1 Å². The van der Waals surface area contributed by atoms with Crippen molar-refractivity contribution >= 4 is 41.2 Å². The molecule has 0 spiro atoms. The van der Waals surface area contributed by atoms with Gasteiger partial charge >= 0.3 is 6.03 Å². The normalized spacial score (nSPS) is 15.4. The number of barbiturate groups is 1. The molecule has 0 radical (unpaired) electrons. The molecule has 2 aromatic rings. The molecule has 2 aromatic carbocycles. The van der Waals surface area contributed by atoms with Gasteiger partial charge in [-0.05, 0) is 61.4 Å². The van der Waals surface area contributed by atoms with Crippen LogP contribution in [-0.4, -0.2) is 31.1 Å². The molecule has 0 atom stereocenters. The first kappa shape index (κ1) is 21.4. The Morgan fingerprint density at radius 3 is 2.40 bits per heavy atom. The van der Waals surface area contributed by atoms with Gasteiger partial charge in [0.15, 0.2) is 0 Å². The molecule has 0 aliphatic carbocycles. The Hall–Kier alpha value is -3.32. The number of carbonyl (C=O) groups excluding carboxylic acids is 3. The van der Waals surface area contributed by atoms with Crippen molar-refractivity contribution in [2.75, 3.05) is 18.1 Å². The van der Waals surface area contributed by atoms with E-state index in [1.54, 1.807) is 42.5 Å². The van der Waals surface area contributed by atoms with Gasteiger partial charge in [-0.1, -0.05) is 24.6 Å². The third-order valence-electron chi connectivity index (χ3n) is 4.24. The number of imide groups is 2. The zero-order chi connectivity index (χ0) is 21.7. The Kier molecular flexibility index (Phi) is 6.74. The number of hydrogen-bond acceptors (Lipinski definition) is 5. The zero-order valence-corrected chi connectivity index (χ0v) is 17.4. The number of nitrogens with zero attached hydrogens (tertiary/aromatic N) is 1. The van der Waals surface area contributed by atoms with Crippen LogP contribution in [0.3, 0.4) is 0 Å². The maximum Gasteiger partial charge on any atom is 0.335 e. The lowest BCUT2D eigenvalue weighted by Crippen LogP contribution is -2.54. The summed E-state index contributed by atoms with van der Waals surface area (Å²) in [5.74, 6) is -0.366. The van der Waals surface area contributed by atoms with Crippen LogP contribution in [0.5, 0.6) is 11.5 Å². The van der Waals surface area contributed by atoms with Crippen molar-refractivity contribution in [2.24, 2.45) is 0 Å². The van der Waals surface area contributed by atoms with Crippen LogP contribution in [0.15, 0.2) is 48.0 Å². The molecule has 1 N–H and O–H groups in total. The molecule has 0 unspecified atom stereocenters. The van der Waals surface area contributed by atoms with Crippen molar-refractivity contribution < 1.29 is 23.9 Å². The molecule has 1 fully saturated rings. The highest BCUT2D eigenvalue weighted by Gasteiger charge is 2.36. The molecule has 8 heteroatoms. The zero-order valence-electron chi connectivity index (χ0n) is 16.6. The van der Waals surface area contributed by atoms with Gasteiger partial charge in [0.25, 0.3) is 11.8 Å². The van der Waals surface area contributed by atoms with E-state index in [4.69, 9.17) is 21.1 Å². The molecule has 0 bridgehead atoms. The predicted octanol–water partition coefficient (Wildman–Crippen LogP) is 4.19. The minimum atomic E-state index is -0.812. The number of anilines is 1. The molecule has 0 saturated carbocycles. The molecule has 4 amide bonds. The van der Waals surface area contributed by atoms with E-state index in [9.17, 15) is 14.4 Å². The van der Waals surface area contributed by atoms with E-state index in [0.29, 0.717) is 41.0 Å². The van der Waals surface area contributed by atoms with E-state index in [1.165, 1.54) is 6.08 Å². The number of urea groups is 1. The van der Waals surface area contributed by atoms with E-state index in [1.807, 2.05) is 13.8 Å². The molecule has 156 valence electrons. The van der Waals surface area contributed by atoms with Gasteiger partial charge in [-0.3, -0.25) is 14.9 Å². The monoisotopic (exact) mass is 428 g/mol. The number of amides is 4. The first-order valence-electron chi connectivity index (χ1n) is 9.51. The van der Waals surface area contributed by atoms with Gasteiger partial charge in [-0.2, -0.15) is 0 Å². The van der Waals surface area contributed by atoms with Crippen LogP contribution in [0.1, 0.15) is 25.8 Å². The molecule has 0 aromatic heterocycles. The summed E-state index contributed by atoms with van der Waals surface area (Å²) >= 11 is 6.23. The number of rotatable bonds is 7. The molecule has 1 heterocycles. The lowest BCUT2D eigenvalue weighted by atomic mass is 10.1. The van der Waals surface area contributed by atoms with Crippen molar-refractivity contribution in [2.45, 2.75) is 20.3 Å². The van der Waals surface area contributed by atoms with Gasteiger partial charge in [-0.25, -0.2) is 9.69 Å². The molecule has 3 rings (SSSR count). The topological polar surface area (TPSA) is 84.9 Å². The van der Waals surface area contributed by atoms with Crippen molar-refractivity contribution in [3.05, 3.63) is 58.6 Å². The van der Waals surface area contributed by atoms with Gasteiger partial charge in [0, 0.05) is 0 Å². The molecular formula is C22H21ClN2O5. The highest BCUT2D eigenvalue weighted by atomic mass is 35.5. The number of benzene rings is 2. The van der Waals surface area contributed by atoms with E-state index >= 15 is 0 Å². The van der Waals surface area contributed by atoms with Crippen LogP contribution in [0.4, 0.5) is 10.5 Å². The second-order valence-corrected chi connectivity index (χ2v) is 6.83. The number of carbonyl (C=O) groups is 3. The quantitative estimate of drug-likeness (QED) is 0.528. The standard InChI is InChI=1S/C22H21ClN2O5/c1-3-11-30-19-10-5-14(13-18(19)23)12-17-20(26)24-22(28)25(21(17)27)15-6-8-16(9-7-15)29-4-2/h5-10,12-13H,3-4,11H2,1-2H3,(H,24,26,28)/b17-12+. The molecular weight excluding hydrogens is 408 g/mol. The number of halogens is 1. The summed E-state index contributed by atoms with van der Waals surface area (Å²) in [7, 11) is 0. The van der Waals surface area contributed by atoms with E-state index in [2.05, 4.69) is 5.32 Å². The Morgan fingerprint density at radius 1 is 1.03 bits per heavy atom. The summed E-state index contributed by atoms with van der Waals surface area (Å²) in [5.41, 5.74) is 0.672. The van der Waals surface area contributed by atoms with Crippen LogP contribution < -0.4 is 19.7 Å². The summed E-state index contributed by atoms with van der Waals surface area (Å²) in [6, 6.07) is 10.6. The smallest absolute Gasteiger partial charge is 0.335 e. The lowest BCUT2D eigenvalue weighted by Gasteiger charge is -2.26. The lowest BCUT2D eigenvalue weighted by molar-refractivity contribution is -0.122. The Balaban J connectivity index is 1.89. The Bertz CT molecular complexity index is 1000. The van der Waals surface area contributed by atoms with E-state index in [0.717, 1.165) is 11.3 Å². The van der Waals surface area contributed by atoms with Crippen molar-refractivity contribution in [1.29, 1.82) is 0 Å². The highest BCUT2D eigenvalue weighted by Crippen LogP contribution is 2.28. The SMILES string of the molecule is CCCOc1ccc(/C=C2\C(=O)NC(=O)N(c3ccc(OCC)cc3)C2=O)cc1Cl. The van der Waals surface area contributed by atoms with Gasteiger partial charge in [0.05, 0.1) is 23.9 Å². The maximum atomic E-state index is 12.9. The van der Waals surface area contributed by atoms with Gasteiger partial charge in [0.2, 0.25) is 0 Å². The molecule has 30 heavy (non-hydrogen) atoms. The molecule has 7 nitrogen and oxygen atoms in total. The van der Waals surface area contributed by atoms with Gasteiger partial charge in [-0.15, -0.1) is 0 Å². The predicted molar refractivity (Wildman–Crippen MR) is 114 cm³/mol. The second kappa shape index (κ2) is 9.45. The van der Waals surface area contributed by atoms with Crippen LogP contribution in [0, 0.1) is 0 Å². The van der Waals surface area contributed by atoms with Crippen molar-refractivity contribution in [3.8, 4) is 11.5 Å². The number of hydrogen-bond donors (Lipinski definition) is 1. The van der Waals surface area contributed by atoms with Crippen LogP contribution in [-0.2, 0) is 9.59 Å². The van der Waals surface area contributed by atoms with Gasteiger partial charge < -0.3 is 9.47 Å². The summed E-state index contributed by atoms with van der Waals surface area (Å²) in [6.07, 6.45) is 2.23. The molecule has 1 saturated heterocycles. The van der Waals surface area contributed by atoms with Crippen LogP contribution in [0.2, 0.25) is 5.02 Å². The van der Waals surface area contributed by atoms with Crippen molar-refractivity contribution in [1.82, 2.24) is 5.32 Å². The highest BCUT2D eigenvalue weighted by molar-refractivity contribution is 6.39. The minimum absolute atomic E-state index is 0.179. The minimum Gasteiger partial charge on any atom is -0.494 e. The fourth-order valence-electron chi connectivity index (χ4n) is 2.85. The number of nitrogens with one attached hydrogen (secondary N) is 1. The summed E-state index contributed by atoms with van der Waals surface area (Å²) in [6.45, 7) is 4.86. The Labute approximate surface area is 179 Å². The van der Waals surface area contributed by atoms with Crippen LogP contribution >= 0.6 is 11.6 Å². The first-order valence-corrected chi connectivity index (χ1v) is 9.89.